The maximum Gasteiger partial charge on any atom is 0.242 e. The zero-order chi connectivity index (χ0) is 24.4. The third-order valence-electron chi connectivity index (χ3n) is 5.76. The molecule has 0 aliphatic carbocycles. The maximum absolute atomic E-state index is 10.5. The molecule has 0 radical (unpaired) electrons. The number of ether oxygens (including phenoxy) is 1. The van der Waals surface area contributed by atoms with Crippen LogP contribution in [0.2, 0.25) is 10.0 Å². The van der Waals surface area contributed by atoms with Gasteiger partial charge in [-0.2, -0.15) is 5.10 Å². The lowest BCUT2D eigenvalue weighted by Gasteiger charge is -2.30. The van der Waals surface area contributed by atoms with E-state index in [1.54, 1.807) is 37.6 Å². The Labute approximate surface area is 212 Å². The lowest BCUT2D eigenvalue weighted by Crippen LogP contribution is -2.43. The van der Waals surface area contributed by atoms with Crippen molar-refractivity contribution >= 4 is 62.7 Å². The average Bonchev–Trinajstić information content (AvgIpc) is 2.87. The van der Waals surface area contributed by atoms with Crippen LogP contribution in [0.3, 0.4) is 0 Å². The van der Waals surface area contributed by atoms with Crippen LogP contribution in [0.4, 0.5) is 28.7 Å². The second-order valence-electron chi connectivity index (χ2n) is 7.96. The monoisotopic (exact) mass is 511 g/mol. The molecule has 4 aromatic rings. The molecule has 180 valence electrons. The molecule has 1 fully saturated rings. The van der Waals surface area contributed by atoms with Crippen LogP contribution in [-0.2, 0) is 0 Å². The van der Waals surface area contributed by atoms with Gasteiger partial charge in [-0.1, -0.05) is 29.3 Å². The van der Waals surface area contributed by atoms with Crippen LogP contribution in [0.25, 0.3) is 10.8 Å². The standard InChI is InChI=1S/C24H23Cl2N7O2/c1-35-19-12-15(33-9-7-27-8-10-33)5-6-18(19)29-23-21-14(13-28-32-24(21)34)11-20(31-23)30-22-16(25)3-2-4-17(22)26/h2-6,11-13,27H,7-10H2,1H3,(H,32,34)(H2,29,30,31). The lowest BCUT2D eigenvalue weighted by atomic mass is 10.2. The van der Waals surface area contributed by atoms with E-state index in [0.717, 1.165) is 31.9 Å². The van der Waals surface area contributed by atoms with Crippen LogP contribution < -0.4 is 25.6 Å². The zero-order valence-corrected chi connectivity index (χ0v) is 20.4. The molecule has 2 aromatic carbocycles. The third-order valence-corrected chi connectivity index (χ3v) is 6.39. The molecule has 0 spiro atoms. The minimum atomic E-state index is -0.240. The van der Waals surface area contributed by atoms with Gasteiger partial charge >= 0.3 is 0 Å². The first-order chi connectivity index (χ1) is 17.0. The molecule has 1 aliphatic rings. The van der Waals surface area contributed by atoms with Crippen LogP contribution in [0.15, 0.2) is 48.7 Å². The van der Waals surface area contributed by atoms with E-state index in [2.05, 4.69) is 36.0 Å². The Bertz CT molecular complexity index is 1360. The summed E-state index contributed by atoms with van der Waals surface area (Å²) in [6.45, 7) is 3.72. The Balaban J connectivity index is 1.54. The molecular formula is C24H23Cl2N7O2. The highest BCUT2D eigenvalue weighted by Crippen LogP contribution is 2.38. The maximum atomic E-state index is 10.5. The zero-order valence-electron chi connectivity index (χ0n) is 18.8. The number of nitrogens with one attached hydrogen (secondary N) is 3. The number of hydrogen-bond acceptors (Lipinski definition) is 9. The van der Waals surface area contributed by atoms with Crippen molar-refractivity contribution < 1.29 is 9.84 Å². The van der Waals surface area contributed by atoms with Crippen molar-refractivity contribution in [1.82, 2.24) is 20.5 Å². The van der Waals surface area contributed by atoms with Gasteiger partial charge in [0.15, 0.2) is 0 Å². The second kappa shape index (κ2) is 9.99. The van der Waals surface area contributed by atoms with Crippen LogP contribution >= 0.6 is 23.2 Å². The molecule has 1 saturated heterocycles. The largest absolute Gasteiger partial charge is 0.494 e. The number of halogens is 2. The number of hydrogen-bond donors (Lipinski definition) is 4. The molecule has 0 bridgehead atoms. The van der Waals surface area contributed by atoms with Crippen LogP contribution in [-0.4, -0.2) is 53.6 Å². The van der Waals surface area contributed by atoms with Crippen LogP contribution in [0.5, 0.6) is 11.6 Å². The van der Waals surface area contributed by atoms with Gasteiger partial charge in [0, 0.05) is 43.3 Å². The quantitative estimate of drug-likeness (QED) is 0.286. The SMILES string of the molecule is COc1cc(N2CCNCC2)ccc1Nc1nc(Nc2c(Cl)cccc2Cl)cc2cnnc(O)c12. The highest BCUT2D eigenvalue weighted by molar-refractivity contribution is 6.39. The van der Waals surface area contributed by atoms with E-state index < -0.39 is 0 Å². The molecule has 0 saturated carbocycles. The number of fused-ring (bicyclic) bond motifs is 1. The smallest absolute Gasteiger partial charge is 0.242 e. The van der Waals surface area contributed by atoms with E-state index in [0.29, 0.717) is 49.6 Å². The minimum absolute atomic E-state index is 0.240. The number of nitrogens with zero attached hydrogens (tertiary/aromatic N) is 4. The van der Waals surface area contributed by atoms with Gasteiger partial charge in [-0.3, -0.25) is 0 Å². The molecule has 1 aliphatic heterocycles. The first kappa shape index (κ1) is 23.2. The van der Waals surface area contributed by atoms with Gasteiger partial charge in [0.25, 0.3) is 0 Å². The fraction of sp³-hybridized carbons (Fsp3) is 0.208. The molecular weight excluding hydrogens is 489 g/mol. The Morgan fingerprint density at radius 1 is 1.06 bits per heavy atom. The number of aromatic nitrogens is 3. The topological polar surface area (TPSA) is 107 Å². The Kier molecular flexibility index (Phi) is 6.63. The summed E-state index contributed by atoms with van der Waals surface area (Å²) in [4.78, 5) is 6.98. The number of aromatic hydroxyl groups is 1. The van der Waals surface area contributed by atoms with Crippen molar-refractivity contribution in [3.05, 3.63) is 58.7 Å². The molecule has 3 heterocycles. The summed E-state index contributed by atoms with van der Waals surface area (Å²) in [6, 6.07) is 12.9. The molecule has 11 heteroatoms. The minimum Gasteiger partial charge on any atom is -0.494 e. The van der Waals surface area contributed by atoms with Gasteiger partial charge in [0.1, 0.15) is 17.4 Å². The first-order valence-electron chi connectivity index (χ1n) is 11.0. The van der Waals surface area contributed by atoms with E-state index in [1.165, 1.54) is 0 Å². The lowest BCUT2D eigenvalue weighted by molar-refractivity contribution is 0.416. The molecule has 5 rings (SSSR count). The number of piperazine rings is 1. The number of methoxy groups -OCH3 is 1. The summed E-state index contributed by atoms with van der Waals surface area (Å²) in [6.07, 6.45) is 1.55. The summed E-state index contributed by atoms with van der Waals surface area (Å²) < 4.78 is 5.68. The van der Waals surface area contributed by atoms with E-state index in [4.69, 9.17) is 27.9 Å². The van der Waals surface area contributed by atoms with Crippen molar-refractivity contribution in [3.63, 3.8) is 0 Å². The fourth-order valence-corrected chi connectivity index (χ4v) is 4.52. The molecule has 0 atom stereocenters. The van der Waals surface area contributed by atoms with E-state index >= 15 is 0 Å². The Morgan fingerprint density at radius 3 is 2.57 bits per heavy atom. The number of pyridine rings is 1. The van der Waals surface area contributed by atoms with Crippen molar-refractivity contribution in [2.24, 2.45) is 0 Å². The second-order valence-corrected chi connectivity index (χ2v) is 8.77. The summed E-state index contributed by atoms with van der Waals surface area (Å²) in [5.41, 5.74) is 2.28. The number of benzene rings is 2. The highest BCUT2D eigenvalue weighted by Gasteiger charge is 2.17. The predicted molar refractivity (Wildman–Crippen MR) is 140 cm³/mol. The summed E-state index contributed by atoms with van der Waals surface area (Å²) in [5, 5.41) is 29.9. The van der Waals surface area contributed by atoms with Crippen molar-refractivity contribution in [1.29, 1.82) is 0 Å². The predicted octanol–water partition coefficient (Wildman–Crippen LogP) is 4.94. The van der Waals surface area contributed by atoms with Gasteiger partial charge in [-0.25, -0.2) is 4.98 Å². The number of para-hydroxylation sites is 1. The van der Waals surface area contributed by atoms with Crippen LogP contribution in [0, 0.1) is 0 Å². The van der Waals surface area contributed by atoms with Gasteiger partial charge in [-0.15, -0.1) is 5.10 Å². The molecule has 0 unspecified atom stereocenters. The number of rotatable bonds is 6. The van der Waals surface area contributed by atoms with Gasteiger partial charge in [0.2, 0.25) is 5.88 Å². The van der Waals surface area contributed by atoms with Gasteiger partial charge in [-0.05, 0) is 30.3 Å². The molecule has 0 amide bonds. The molecule has 9 nitrogen and oxygen atoms in total. The fourth-order valence-electron chi connectivity index (χ4n) is 4.03. The van der Waals surface area contributed by atoms with Gasteiger partial charge < -0.3 is 30.7 Å². The first-order valence-corrected chi connectivity index (χ1v) is 11.8. The molecule has 35 heavy (non-hydrogen) atoms. The summed E-state index contributed by atoms with van der Waals surface area (Å²) in [7, 11) is 1.62. The molecule has 2 aromatic heterocycles. The Hall–Kier alpha value is -3.53. The Morgan fingerprint density at radius 2 is 1.83 bits per heavy atom. The van der Waals surface area contributed by atoms with Crippen molar-refractivity contribution in [2.45, 2.75) is 0 Å². The van der Waals surface area contributed by atoms with E-state index in [1.807, 2.05) is 18.2 Å². The molecule has 4 N–H and O–H groups in total. The van der Waals surface area contributed by atoms with E-state index in [9.17, 15) is 5.11 Å². The van der Waals surface area contributed by atoms with Gasteiger partial charge in [0.05, 0.1) is 40.1 Å². The summed E-state index contributed by atoms with van der Waals surface area (Å²) >= 11 is 12.7. The van der Waals surface area contributed by atoms with E-state index in [-0.39, 0.29) is 5.88 Å². The average molecular weight is 512 g/mol. The normalized spacial score (nSPS) is 13.6. The third kappa shape index (κ3) is 4.84. The van der Waals surface area contributed by atoms with Crippen molar-refractivity contribution in [2.75, 3.05) is 48.8 Å². The van der Waals surface area contributed by atoms with Crippen molar-refractivity contribution in [3.8, 4) is 11.6 Å². The van der Waals surface area contributed by atoms with Crippen LogP contribution in [0.1, 0.15) is 0 Å². The highest BCUT2D eigenvalue weighted by atomic mass is 35.5. The summed E-state index contributed by atoms with van der Waals surface area (Å²) in [5.74, 6) is 1.23. The number of anilines is 5.